The molecule has 0 aliphatic carbocycles. The maximum absolute atomic E-state index is 12.6. The molecule has 0 aliphatic rings. The van der Waals surface area contributed by atoms with Crippen LogP contribution in [0.1, 0.15) is 38.7 Å². The second kappa shape index (κ2) is 9.68. The molecule has 0 fully saturated rings. The number of hydrogen-bond acceptors (Lipinski definition) is 5. The maximum Gasteiger partial charge on any atom is 0.336 e. The van der Waals surface area contributed by atoms with E-state index in [0.29, 0.717) is 37.1 Å². The molecular weight excluding hydrogens is 362 g/mol. The van der Waals surface area contributed by atoms with Gasteiger partial charge in [0.2, 0.25) is 17.7 Å². The van der Waals surface area contributed by atoms with Gasteiger partial charge in [-0.3, -0.25) is 14.4 Å². The van der Waals surface area contributed by atoms with E-state index >= 15 is 0 Å². The Kier molecular flexibility index (Phi) is 7.31. The second-order valence-corrected chi connectivity index (χ2v) is 6.68. The van der Waals surface area contributed by atoms with Gasteiger partial charge in [0.1, 0.15) is 11.6 Å². The van der Waals surface area contributed by atoms with Gasteiger partial charge >= 0.3 is 5.63 Å². The predicted molar refractivity (Wildman–Crippen MR) is 106 cm³/mol. The number of hydrogen-bond donors (Lipinski definition) is 3. The quantitative estimate of drug-likeness (QED) is 0.472. The Balaban J connectivity index is 2.05. The van der Waals surface area contributed by atoms with Crippen LogP contribution in [-0.4, -0.2) is 30.3 Å². The first-order chi connectivity index (χ1) is 13.3. The van der Waals surface area contributed by atoms with Crippen LogP contribution in [0.25, 0.3) is 11.0 Å². The van der Waals surface area contributed by atoms with Gasteiger partial charge in [-0.15, -0.1) is 0 Å². The number of aryl methyl sites for hydroxylation is 1. The molecule has 0 saturated heterocycles. The van der Waals surface area contributed by atoms with Crippen molar-refractivity contribution in [2.24, 2.45) is 0 Å². The molecule has 150 valence electrons. The van der Waals surface area contributed by atoms with Crippen LogP contribution in [0.3, 0.4) is 0 Å². The van der Waals surface area contributed by atoms with E-state index in [1.54, 1.807) is 18.2 Å². The number of carbonyl (C=O) groups is 3. The first-order valence-corrected chi connectivity index (χ1v) is 9.13. The Morgan fingerprint density at radius 2 is 1.82 bits per heavy atom. The Hall–Kier alpha value is -3.16. The van der Waals surface area contributed by atoms with Gasteiger partial charge in [-0.1, -0.05) is 0 Å². The Bertz CT molecular complexity index is 935. The highest BCUT2D eigenvalue weighted by atomic mass is 16.4. The summed E-state index contributed by atoms with van der Waals surface area (Å²) in [6.45, 7) is 5.13. The van der Waals surface area contributed by atoms with Crippen molar-refractivity contribution in [2.45, 2.75) is 46.1 Å². The zero-order valence-electron chi connectivity index (χ0n) is 16.3. The fourth-order valence-corrected chi connectivity index (χ4v) is 2.88. The number of anilines is 1. The summed E-state index contributed by atoms with van der Waals surface area (Å²) >= 11 is 0. The SMILES string of the molecule is CC(=O)NCCCCC(NC(C)=O)C(=O)Nc1ccc2c(C)cc(=O)oc2c1. The highest BCUT2D eigenvalue weighted by molar-refractivity contribution is 5.98. The lowest BCUT2D eigenvalue weighted by Gasteiger charge is -2.18. The van der Waals surface area contributed by atoms with E-state index < -0.39 is 11.7 Å². The molecule has 0 aliphatic heterocycles. The third-order valence-corrected chi connectivity index (χ3v) is 4.21. The minimum absolute atomic E-state index is 0.102. The highest BCUT2D eigenvalue weighted by Gasteiger charge is 2.19. The summed E-state index contributed by atoms with van der Waals surface area (Å²) in [5.41, 5.74) is 1.19. The summed E-state index contributed by atoms with van der Waals surface area (Å²) < 4.78 is 5.19. The fraction of sp³-hybridized carbons (Fsp3) is 0.400. The summed E-state index contributed by atoms with van der Waals surface area (Å²) in [5, 5.41) is 8.87. The molecule has 0 radical (unpaired) electrons. The zero-order chi connectivity index (χ0) is 20.7. The number of unbranched alkanes of at least 4 members (excludes halogenated alkanes) is 1. The van der Waals surface area contributed by atoms with E-state index in [4.69, 9.17) is 4.42 Å². The number of benzene rings is 1. The predicted octanol–water partition coefficient (Wildman–Crippen LogP) is 1.85. The molecule has 2 aromatic rings. The van der Waals surface area contributed by atoms with Crippen molar-refractivity contribution in [3.05, 3.63) is 40.2 Å². The molecule has 3 amide bonds. The van der Waals surface area contributed by atoms with Gasteiger partial charge in [-0.05, 0) is 43.9 Å². The molecule has 0 spiro atoms. The minimum atomic E-state index is -0.699. The third kappa shape index (κ3) is 6.22. The lowest BCUT2D eigenvalue weighted by atomic mass is 10.1. The van der Waals surface area contributed by atoms with Crippen LogP contribution in [-0.2, 0) is 14.4 Å². The molecule has 0 bridgehead atoms. The summed E-state index contributed by atoms with van der Waals surface area (Å²) in [7, 11) is 0. The van der Waals surface area contributed by atoms with Gasteiger partial charge < -0.3 is 20.4 Å². The fourth-order valence-electron chi connectivity index (χ4n) is 2.88. The number of amides is 3. The van der Waals surface area contributed by atoms with Crippen molar-refractivity contribution in [3.8, 4) is 0 Å². The summed E-state index contributed by atoms with van der Waals surface area (Å²) in [6.07, 6.45) is 1.79. The van der Waals surface area contributed by atoms with E-state index in [1.807, 2.05) is 6.92 Å². The van der Waals surface area contributed by atoms with E-state index in [-0.39, 0.29) is 17.7 Å². The van der Waals surface area contributed by atoms with Crippen molar-refractivity contribution in [3.63, 3.8) is 0 Å². The highest BCUT2D eigenvalue weighted by Crippen LogP contribution is 2.21. The van der Waals surface area contributed by atoms with Gasteiger partial charge in [0.15, 0.2) is 0 Å². The summed E-state index contributed by atoms with van der Waals surface area (Å²) in [4.78, 5) is 46.5. The average molecular weight is 387 g/mol. The van der Waals surface area contributed by atoms with E-state index in [2.05, 4.69) is 16.0 Å². The van der Waals surface area contributed by atoms with Gasteiger partial charge in [0.05, 0.1) is 0 Å². The van der Waals surface area contributed by atoms with Crippen molar-refractivity contribution in [1.82, 2.24) is 10.6 Å². The first-order valence-electron chi connectivity index (χ1n) is 9.13. The Labute approximate surface area is 162 Å². The molecule has 2 rings (SSSR count). The van der Waals surface area contributed by atoms with Crippen LogP contribution in [0.5, 0.6) is 0 Å². The molecular formula is C20H25N3O5. The Morgan fingerprint density at radius 1 is 1.07 bits per heavy atom. The molecule has 0 saturated carbocycles. The third-order valence-electron chi connectivity index (χ3n) is 4.21. The van der Waals surface area contributed by atoms with E-state index in [0.717, 1.165) is 10.9 Å². The normalized spacial score (nSPS) is 11.7. The number of rotatable bonds is 8. The van der Waals surface area contributed by atoms with Crippen LogP contribution in [0, 0.1) is 6.92 Å². The second-order valence-electron chi connectivity index (χ2n) is 6.68. The first kappa shape index (κ1) is 21.1. The van der Waals surface area contributed by atoms with Crippen LogP contribution in [0.15, 0.2) is 33.5 Å². The van der Waals surface area contributed by atoms with Crippen molar-refractivity contribution in [1.29, 1.82) is 0 Å². The molecule has 8 nitrogen and oxygen atoms in total. The topological polar surface area (TPSA) is 118 Å². The average Bonchev–Trinajstić information content (AvgIpc) is 2.59. The molecule has 1 unspecified atom stereocenters. The monoisotopic (exact) mass is 387 g/mol. The Morgan fingerprint density at radius 3 is 2.50 bits per heavy atom. The van der Waals surface area contributed by atoms with Crippen molar-refractivity contribution >= 4 is 34.4 Å². The number of nitrogens with one attached hydrogen (secondary N) is 3. The van der Waals surface area contributed by atoms with Gasteiger partial charge in [0, 0.05) is 43.6 Å². The molecule has 8 heteroatoms. The van der Waals surface area contributed by atoms with Crippen LogP contribution in [0.4, 0.5) is 5.69 Å². The summed E-state index contributed by atoms with van der Waals surface area (Å²) in [6, 6.07) is 5.78. The van der Waals surface area contributed by atoms with Gasteiger partial charge in [0.25, 0.3) is 0 Å². The van der Waals surface area contributed by atoms with Crippen molar-refractivity contribution in [2.75, 3.05) is 11.9 Å². The number of carbonyl (C=O) groups excluding carboxylic acids is 3. The van der Waals surface area contributed by atoms with E-state index in [1.165, 1.54) is 19.9 Å². The molecule has 3 N–H and O–H groups in total. The zero-order valence-corrected chi connectivity index (χ0v) is 16.3. The molecule has 1 heterocycles. The van der Waals surface area contributed by atoms with E-state index in [9.17, 15) is 19.2 Å². The molecule has 1 aromatic heterocycles. The summed E-state index contributed by atoms with van der Waals surface area (Å²) in [5.74, 6) is -0.763. The molecule has 1 atom stereocenters. The molecule has 28 heavy (non-hydrogen) atoms. The lowest BCUT2D eigenvalue weighted by molar-refractivity contribution is -0.125. The standard InChI is InChI=1S/C20H25N3O5/c1-12-10-19(26)28-18-11-15(7-8-16(12)18)23-20(27)17(22-14(3)25)6-4-5-9-21-13(2)24/h7-8,10-11,17H,4-6,9H2,1-3H3,(H,21,24)(H,22,25)(H,23,27). The van der Waals surface area contributed by atoms with Crippen LogP contribution in [0.2, 0.25) is 0 Å². The maximum atomic E-state index is 12.6. The minimum Gasteiger partial charge on any atom is -0.423 e. The number of fused-ring (bicyclic) bond motifs is 1. The van der Waals surface area contributed by atoms with Gasteiger partial charge in [-0.2, -0.15) is 0 Å². The largest absolute Gasteiger partial charge is 0.423 e. The smallest absolute Gasteiger partial charge is 0.336 e. The van der Waals surface area contributed by atoms with Crippen LogP contribution >= 0.6 is 0 Å². The molecule has 1 aromatic carbocycles. The van der Waals surface area contributed by atoms with Crippen LogP contribution < -0.4 is 21.6 Å². The lowest BCUT2D eigenvalue weighted by Crippen LogP contribution is -2.42. The van der Waals surface area contributed by atoms with Gasteiger partial charge in [-0.25, -0.2) is 4.79 Å². The van der Waals surface area contributed by atoms with Crippen molar-refractivity contribution < 1.29 is 18.8 Å².